The van der Waals surface area contributed by atoms with Crippen molar-refractivity contribution in [2.45, 2.75) is 78.6 Å². The van der Waals surface area contributed by atoms with Crippen LogP contribution in [0.1, 0.15) is 95.2 Å². The predicted molar refractivity (Wildman–Crippen MR) is 210 cm³/mol. The van der Waals surface area contributed by atoms with Crippen LogP contribution in [0.25, 0.3) is 49.4 Å². The number of benzene rings is 1. The van der Waals surface area contributed by atoms with E-state index < -0.39 is 0 Å². The number of rotatable bonds is 16. The van der Waals surface area contributed by atoms with E-state index in [4.69, 9.17) is 4.74 Å². The number of thiophene rings is 5. The number of aryl methyl sites for hydroxylation is 2. The van der Waals surface area contributed by atoms with Crippen molar-refractivity contribution < 1.29 is 14.3 Å². The highest BCUT2D eigenvalue weighted by Gasteiger charge is 2.41. The highest BCUT2D eigenvalue weighted by Crippen LogP contribution is 2.48. The van der Waals surface area contributed by atoms with Gasteiger partial charge in [0.15, 0.2) is 0 Å². The molecule has 0 saturated carbocycles. The molecular weight excluding hydrogens is 691 g/mol. The number of unbranched alkanes of at least 4 members (excludes halogenated alkanes) is 8. The summed E-state index contributed by atoms with van der Waals surface area (Å²) in [5.41, 5.74) is 3.63. The van der Waals surface area contributed by atoms with E-state index in [1.54, 1.807) is 34.0 Å². The van der Waals surface area contributed by atoms with Crippen LogP contribution >= 0.6 is 56.7 Å². The summed E-state index contributed by atoms with van der Waals surface area (Å²) in [4.78, 5) is 35.1. The summed E-state index contributed by atoms with van der Waals surface area (Å²) in [5, 5.41) is 0. The van der Waals surface area contributed by atoms with Gasteiger partial charge in [0.2, 0.25) is 0 Å². The summed E-state index contributed by atoms with van der Waals surface area (Å²) in [6.45, 7) is 7.76. The van der Waals surface area contributed by atoms with Crippen LogP contribution in [-0.2, 0) is 4.74 Å². The molecule has 0 unspecified atom stereocenters. The Balaban J connectivity index is 0.956. The molecular formula is C39H41NO3S5. The predicted octanol–water partition coefficient (Wildman–Crippen LogP) is 13.1. The van der Waals surface area contributed by atoms with Crippen molar-refractivity contribution in [3.63, 3.8) is 0 Å². The van der Waals surface area contributed by atoms with Crippen molar-refractivity contribution in [1.29, 1.82) is 0 Å². The first kappa shape index (κ1) is 33.8. The quantitative estimate of drug-likeness (QED) is 0.0735. The van der Waals surface area contributed by atoms with Crippen molar-refractivity contribution in [1.82, 2.24) is 4.90 Å². The number of hydrogen-bond acceptors (Lipinski definition) is 8. The molecule has 1 aliphatic rings. The zero-order valence-electron chi connectivity index (χ0n) is 27.8. The molecule has 0 atom stereocenters. The molecule has 2 amide bonds. The Kier molecular flexibility index (Phi) is 10.6. The van der Waals surface area contributed by atoms with E-state index in [2.05, 4.69) is 62.4 Å². The van der Waals surface area contributed by atoms with E-state index in [0.717, 1.165) is 21.1 Å². The minimum atomic E-state index is -0.181. The number of hydrogen-bond donors (Lipinski definition) is 0. The Hall–Kier alpha value is -2.66. The van der Waals surface area contributed by atoms with Gasteiger partial charge in [-0.2, -0.15) is 0 Å². The normalized spacial score (nSPS) is 13.2. The zero-order valence-corrected chi connectivity index (χ0v) is 31.9. The molecule has 9 heteroatoms. The van der Waals surface area contributed by atoms with Crippen LogP contribution in [0.5, 0.6) is 0 Å². The Labute approximate surface area is 303 Å². The van der Waals surface area contributed by atoms with E-state index in [-0.39, 0.29) is 11.8 Å². The van der Waals surface area contributed by atoms with Crippen molar-refractivity contribution in [2.24, 2.45) is 0 Å². The van der Waals surface area contributed by atoms with Crippen LogP contribution < -0.4 is 0 Å². The average Bonchev–Trinajstić information content (AvgIpc) is 3.90. The summed E-state index contributed by atoms with van der Waals surface area (Å²) >= 11 is 8.77. The van der Waals surface area contributed by atoms with Crippen LogP contribution in [0, 0.1) is 13.8 Å². The fourth-order valence-corrected chi connectivity index (χ4v) is 12.5. The van der Waals surface area contributed by atoms with E-state index in [1.165, 1.54) is 101 Å². The highest BCUT2D eigenvalue weighted by atomic mass is 32.1. The second kappa shape index (κ2) is 15.1. The van der Waals surface area contributed by atoms with Crippen LogP contribution in [0.3, 0.4) is 0 Å². The zero-order chi connectivity index (χ0) is 33.2. The number of imide groups is 1. The van der Waals surface area contributed by atoms with E-state index >= 15 is 0 Å². The Morgan fingerprint density at radius 3 is 1.73 bits per heavy atom. The number of carbonyl (C=O) groups is 2. The van der Waals surface area contributed by atoms with Crippen molar-refractivity contribution >= 4 is 87.3 Å². The third-order valence-electron chi connectivity index (χ3n) is 9.07. The SMILES string of the molecule is CCCCCCCCCCCOCCN1C(=O)c2c(C)sc(-c3cc4sc(-c5ccc(-c6cc7sc(C)cc7s6)cc5)cc4s3)c2C1=O. The molecule has 5 aromatic heterocycles. The fraction of sp³-hybridized carbons (Fsp3) is 0.385. The second-order valence-corrected chi connectivity index (χ2v) is 18.4. The lowest BCUT2D eigenvalue weighted by molar-refractivity contribution is 0.0559. The topological polar surface area (TPSA) is 46.6 Å². The summed E-state index contributed by atoms with van der Waals surface area (Å²) in [6, 6.07) is 17.9. The molecule has 4 nitrogen and oxygen atoms in total. The van der Waals surface area contributed by atoms with Gasteiger partial charge < -0.3 is 4.74 Å². The third kappa shape index (κ3) is 7.00. The number of ether oxygens (including phenoxy) is 1. The number of nitrogens with zero attached hydrogens (tertiary/aromatic N) is 1. The molecule has 6 aromatic rings. The summed E-state index contributed by atoms with van der Waals surface area (Å²) in [5.74, 6) is -0.359. The number of fused-ring (bicyclic) bond motifs is 3. The molecule has 250 valence electrons. The second-order valence-electron chi connectivity index (χ2n) is 12.7. The van der Waals surface area contributed by atoms with E-state index in [0.29, 0.717) is 30.9 Å². The van der Waals surface area contributed by atoms with E-state index in [9.17, 15) is 9.59 Å². The summed E-state index contributed by atoms with van der Waals surface area (Å²) in [7, 11) is 0. The van der Waals surface area contributed by atoms with Crippen LogP contribution in [-0.4, -0.2) is 36.5 Å². The van der Waals surface area contributed by atoms with Gasteiger partial charge in [-0.05, 0) is 55.7 Å². The molecule has 6 heterocycles. The molecule has 48 heavy (non-hydrogen) atoms. The average molecular weight is 732 g/mol. The first-order valence-electron chi connectivity index (χ1n) is 17.1. The standard InChI is InChI=1S/C39H41NO3S5/c1-4-5-6-7-8-9-10-11-12-18-43-19-17-40-38(41)35-25(3)45-37(36(35)39(40)42)34-23-33-32(48-34)22-29(47-33)27-15-13-26(14-16-27)28-21-31-30(46-28)20-24(2)44-31/h13-16,20-23H,4-12,17-19H2,1-3H3. The minimum Gasteiger partial charge on any atom is -0.380 e. The third-order valence-corrected chi connectivity index (χ3v) is 15.0. The Morgan fingerprint density at radius 1 is 0.583 bits per heavy atom. The number of carbonyl (C=O) groups excluding carboxylic acids is 2. The van der Waals surface area contributed by atoms with Crippen LogP contribution in [0.4, 0.5) is 0 Å². The lowest BCUT2D eigenvalue weighted by atomic mass is 10.1. The van der Waals surface area contributed by atoms with Crippen molar-refractivity contribution in [3.05, 3.63) is 69.4 Å². The van der Waals surface area contributed by atoms with Crippen molar-refractivity contribution in [3.8, 4) is 30.6 Å². The van der Waals surface area contributed by atoms with Gasteiger partial charge in [0.1, 0.15) is 0 Å². The van der Waals surface area contributed by atoms with Gasteiger partial charge in [-0.15, -0.1) is 56.7 Å². The van der Waals surface area contributed by atoms with Gasteiger partial charge in [-0.3, -0.25) is 14.5 Å². The van der Waals surface area contributed by atoms with Gasteiger partial charge in [-0.1, -0.05) is 82.6 Å². The smallest absolute Gasteiger partial charge is 0.263 e. The molecule has 0 radical (unpaired) electrons. The summed E-state index contributed by atoms with van der Waals surface area (Å²) in [6.07, 6.45) is 11.5. The fourth-order valence-electron chi connectivity index (χ4n) is 6.50. The van der Waals surface area contributed by atoms with Gasteiger partial charge in [-0.25, -0.2) is 0 Å². The van der Waals surface area contributed by atoms with Gasteiger partial charge >= 0.3 is 0 Å². The first-order chi connectivity index (χ1) is 23.4. The molecule has 0 fully saturated rings. The molecule has 0 bridgehead atoms. The number of amides is 2. The minimum absolute atomic E-state index is 0.178. The van der Waals surface area contributed by atoms with Crippen LogP contribution in [0.2, 0.25) is 0 Å². The molecule has 7 rings (SSSR count). The Morgan fingerprint density at radius 2 is 1.10 bits per heavy atom. The first-order valence-corrected chi connectivity index (χ1v) is 21.2. The van der Waals surface area contributed by atoms with Crippen molar-refractivity contribution in [2.75, 3.05) is 19.8 Å². The Bertz CT molecular complexity index is 1990. The maximum atomic E-state index is 13.6. The molecule has 0 N–H and O–H groups in total. The van der Waals surface area contributed by atoms with E-state index in [1.807, 2.05) is 29.6 Å². The molecule has 1 aliphatic heterocycles. The maximum Gasteiger partial charge on any atom is 0.263 e. The molecule has 1 aromatic carbocycles. The highest BCUT2D eigenvalue weighted by molar-refractivity contribution is 7.32. The van der Waals surface area contributed by atoms with Gasteiger partial charge in [0.05, 0.1) is 29.2 Å². The monoisotopic (exact) mass is 731 g/mol. The summed E-state index contributed by atoms with van der Waals surface area (Å²) < 4.78 is 11.0. The molecule has 0 saturated heterocycles. The lowest BCUT2D eigenvalue weighted by Gasteiger charge is -2.14. The maximum absolute atomic E-state index is 13.6. The van der Waals surface area contributed by atoms with Gasteiger partial charge in [0, 0.05) is 49.8 Å². The molecule has 0 spiro atoms. The largest absolute Gasteiger partial charge is 0.380 e. The van der Waals surface area contributed by atoms with Gasteiger partial charge in [0.25, 0.3) is 11.8 Å². The molecule has 0 aliphatic carbocycles. The van der Waals surface area contributed by atoms with Crippen LogP contribution in [0.15, 0.2) is 48.5 Å². The lowest BCUT2D eigenvalue weighted by Crippen LogP contribution is -2.33.